The van der Waals surface area contributed by atoms with Gasteiger partial charge in [-0.2, -0.15) is 0 Å². The van der Waals surface area contributed by atoms with Crippen molar-refractivity contribution >= 4 is 17.5 Å². The van der Waals surface area contributed by atoms with Crippen molar-refractivity contribution in [3.8, 4) is 5.75 Å². The van der Waals surface area contributed by atoms with Crippen LogP contribution in [0.5, 0.6) is 5.75 Å². The number of carbonyl (C=O) groups is 1. The monoisotopic (exact) mass is 371 g/mol. The number of carbonyl (C=O) groups excluding carboxylic acids is 1. The number of hydrogen-bond acceptors (Lipinski definition) is 3. The van der Waals surface area contributed by atoms with E-state index in [1.54, 1.807) is 6.07 Å². The number of ether oxygens (including phenoxy) is 1. The molecule has 2 N–H and O–H groups in total. The van der Waals surface area contributed by atoms with Gasteiger partial charge in [-0.25, -0.2) is 0 Å². The second-order valence-electron chi connectivity index (χ2n) is 7.24. The molecule has 4 rings (SSSR count). The lowest BCUT2D eigenvalue weighted by Crippen LogP contribution is -2.41. The Kier molecular flexibility index (Phi) is 4.63. The Balaban J connectivity index is 1.62. The predicted octanol–water partition coefficient (Wildman–Crippen LogP) is 3.83. The standard InChI is InChI=1S/C21H22ClNO3/c1-12-3-2-4-17(19(12)22)21(25)23-20(15-10-16(24)11-15)14-5-6-18-13(9-14)7-8-26-18/h2-6,9,15-16,20,24H,7-8,10-11H2,1H3,(H,23,25)/t15?,16?,20-/m1/s1. The number of aliphatic hydroxyl groups excluding tert-OH is 1. The Morgan fingerprint density at radius 1 is 1.31 bits per heavy atom. The summed E-state index contributed by atoms with van der Waals surface area (Å²) in [6.07, 6.45) is 2.00. The van der Waals surface area contributed by atoms with Crippen LogP contribution >= 0.6 is 11.6 Å². The van der Waals surface area contributed by atoms with E-state index in [0.29, 0.717) is 30.0 Å². The molecule has 0 saturated heterocycles. The maximum Gasteiger partial charge on any atom is 0.253 e. The second kappa shape index (κ2) is 6.93. The first-order valence-corrected chi connectivity index (χ1v) is 9.40. The van der Waals surface area contributed by atoms with Crippen molar-refractivity contribution in [2.24, 2.45) is 5.92 Å². The second-order valence-corrected chi connectivity index (χ2v) is 7.62. The van der Waals surface area contributed by atoms with Crippen LogP contribution in [0.1, 0.15) is 45.9 Å². The molecule has 1 atom stereocenters. The lowest BCUT2D eigenvalue weighted by Gasteiger charge is -2.38. The number of benzene rings is 2. The number of aryl methyl sites for hydroxylation is 1. The van der Waals surface area contributed by atoms with Crippen molar-refractivity contribution in [3.63, 3.8) is 0 Å². The zero-order chi connectivity index (χ0) is 18.3. The first-order valence-electron chi connectivity index (χ1n) is 9.02. The molecule has 1 saturated carbocycles. The molecule has 1 heterocycles. The Morgan fingerprint density at radius 2 is 2.12 bits per heavy atom. The average Bonchev–Trinajstić information content (AvgIpc) is 3.07. The highest BCUT2D eigenvalue weighted by molar-refractivity contribution is 6.34. The van der Waals surface area contributed by atoms with Crippen LogP contribution in [0.4, 0.5) is 0 Å². The fraction of sp³-hybridized carbons (Fsp3) is 0.381. The molecular formula is C21H22ClNO3. The van der Waals surface area contributed by atoms with Crippen molar-refractivity contribution in [2.45, 2.75) is 38.3 Å². The molecule has 0 spiro atoms. The third kappa shape index (κ3) is 3.19. The molecule has 5 heteroatoms. The van der Waals surface area contributed by atoms with Crippen molar-refractivity contribution in [1.82, 2.24) is 5.32 Å². The van der Waals surface area contributed by atoms with E-state index in [0.717, 1.165) is 23.3 Å². The van der Waals surface area contributed by atoms with Crippen molar-refractivity contribution in [2.75, 3.05) is 6.61 Å². The van der Waals surface area contributed by atoms with Gasteiger partial charge < -0.3 is 15.2 Å². The third-order valence-corrected chi connectivity index (χ3v) is 5.92. The highest BCUT2D eigenvalue weighted by Crippen LogP contribution is 2.40. The Bertz CT molecular complexity index is 845. The van der Waals surface area contributed by atoms with Crippen LogP contribution in [-0.2, 0) is 6.42 Å². The number of nitrogens with one attached hydrogen (secondary N) is 1. The summed E-state index contributed by atoms with van der Waals surface area (Å²) >= 11 is 6.33. The zero-order valence-electron chi connectivity index (χ0n) is 14.7. The lowest BCUT2D eigenvalue weighted by atomic mass is 9.74. The summed E-state index contributed by atoms with van der Waals surface area (Å²) in [5.41, 5.74) is 3.60. The number of aliphatic hydroxyl groups is 1. The van der Waals surface area contributed by atoms with Gasteiger partial charge in [0.2, 0.25) is 0 Å². The summed E-state index contributed by atoms with van der Waals surface area (Å²) in [4.78, 5) is 12.9. The topological polar surface area (TPSA) is 58.6 Å². The van der Waals surface area contributed by atoms with Crippen molar-refractivity contribution in [3.05, 3.63) is 63.7 Å². The van der Waals surface area contributed by atoms with Gasteiger partial charge in [-0.15, -0.1) is 0 Å². The molecule has 2 aromatic rings. The normalized spacial score (nSPS) is 22.1. The van der Waals surface area contributed by atoms with E-state index in [1.165, 1.54) is 5.56 Å². The van der Waals surface area contributed by atoms with Crippen molar-refractivity contribution < 1.29 is 14.6 Å². The van der Waals surface area contributed by atoms with Gasteiger partial charge in [-0.05, 0) is 60.6 Å². The minimum atomic E-state index is -0.278. The van der Waals surface area contributed by atoms with Crippen LogP contribution in [0.3, 0.4) is 0 Å². The summed E-state index contributed by atoms with van der Waals surface area (Å²) in [5, 5.41) is 13.4. The molecule has 0 aromatic heterocycles. The molecular weight excluding hydrogens is 350 g/mol. The van der Waals surface area contributed by atoms with Gasteiger partial charge >= 0.3 is 0 Å². The maximum absolute atomic E-state index is 12.9. The highest BCUT2D eigenvalue weighted by Gasteiger charge is 2.36. The van der Waals surface area contributed by atoms with E-state index in [9.17, 15) is 9.90 Å². The third-order valence-electron chi connectivity index (χ3n) is 5.42. The van der Waals surface area contributed by atoms with Crippen molar-refractivity contribution in [1.29, 1.82) is 0 Å². The first kappa shape index (κ1) is 17.4. The molecule has 1 amide bonds. The summed E-state index contributed by atoms with van der Waals surface area (Å²) in [6.45, 7) is 2.59. The van der Waals surface area contributed by atoms with Crippen LogP contribution < -0.4 is 10.1 Å². The van der Waals surface area contributed by atoms with Gasteiger partial charge in [0.15, 0.2) is 0 Å². The average molecular weight is 372 g/mol. The summed E-state index contributed by atoms with van der Waals surface area (Å²) < 4.78 is 5.59. The maximum atomic E-state index is 12.9. The van der Waals surface area contributed by atoms with E-state index in [1.807, 2.05) is 31.2 Å². The number of fused-ring (bicyclic) bond motifs is 1. The first-order chi connectivity index (χ1) is 12.5. The van der Waals surface area contributed by atoms with Crippen LogP contribution in [0.2, 0.25) is 5.02 Å². The smallest absolute Gasteiger partial charge is 0.253 e. The Labute approximate surface area is 158 Å². The van der Waals surface area contributed by atoms with E-state index in [2.05, 4.69) is 11.4 Å². The van der Waals surface area contributed by atoms with E-state index in [4.69, 9.17) is 16.3 Å². The van der Waals surface area contributed by atoms with Gasteiger partial charge in [-0.1, -0.05) is 29.8 Å². The fourth-order valence-electron chi connectivity index (χ4n) is 3.82. The van der Waals surface area contributed by atoms with Gasteiger partial charge in [0.25, 0.3) is 5.91 Å². The Morgan fingerprint density at radius 3 is 2.88 bits per heavy atom. The van der Waals surface area contributed by atoms with Crippen LogP contribution in [0.25, 0.3) is 0 Å². The van der Waals surface area contributed by atoms with Crippen LogP contribution in [0, 0.1) is 12.8 Å². The lowest BCUT2D eigenvalue weighted by molar-refractivity contribution is 0.0235. The number of hydrogen-bond donors (Lipinski definition) is 2. The van der Waals surface area contributed by atoms with E-state index in [-0.39, 0.29) is 24.0 Å². The van der Waals surface area contributed by atoms with Gasteiger partial charge in [0.05, 0.1) is 29.3 Å². The molecule has 1 fully saturated rings. The van der Waals surface area contributed by atoms with Gasteiger partial charge in [0.1, 0.15) is 5.75 Å². The van der Waals surface area contributed by atoms with Gasteiger partial charge in [0, 0.05) is 6.42 Å². The number of rotatable bonds is 4. The summed E-state index contributed by atoms with van der Waals surface area (Å²) in [7, 11) is 0. The molecule has 26 heavy (non-hydrogen) atoms. The molecule has 4 nitrogen and oxygen atoms in total. The molecule has 136 valence electrons. The minimum absolute atomic E-state index is 0.145. The van der Waals surface area contributed by atoms with E-state index < -0.39 is 0 Å². The molecule has 2 aromatic carbocycles. The van der Waals surface area contributed by atoms with Crippen LogP contribution in [-0.4, -0.2) is 23.7 Å². The molecule has 1 aliphatic carbocycles. The highest BCUT2D eigenvalue weighted by atomic mass is 35.5. The SMILES string of the molecule is Cc1cccc(C(=O)N[C@H](c2ccc3c(c2)CCO3)C2CC(O)C2)c1Cl. The molecule has 2 aliphatic rings. The summed E-state index contributed by atoms with van der Waals surface area (Å²) in [5.74, 6) is 0.967. The molecule has 1 aliphatic heterocycles. The quantitative estimate of drug-likeness (QED) is 0.858. The molecule has 0 bridgehead atoms. The van der Waals surface area contributed by atoms with Crippen LogP contribution in [0.15, 0.2) is 36.4 Å². The molecule has 0 unspecified atom stereocenters. The molecule has 0 radical (unpaired) electrons. The number of halogens is 1. The summed E-state index contributed by atoms with van der Waals surface area (Å²) in [6, 6.07) is 11.4. The Hall–Kier alpha value is -2.04. The minimum Gasteiger partial charge on any atom is -0.493 e. The predicted molar refractivity (Wildman–Crippen MR) is 101 cm³/mol. The zero-order valence-corrected chi connectivity index (χ0v) is 15.4. The fourth-order valence-corrected chi connectivity index (χ4v) is 4.03. The number of amides is 1. The van der Waals surface area contributed by atoms with Gasteiger partial charge in [-0.3, -0.25) is 4.79 Å². The largest absolute Gasteiger partial charge is 0.493 e. The van der Waals surface area contributed by atoms with E-state index >= 15 is 0 Å².